The molecule has 0 spiro atoms. The Labute approximate surface area is 153 Å². The van der Waals surface area contributed by atoms with Crippen LogP contribution in [0, 0.1) is 21.4 Å². The fourth-order valence-corrected chi connectivity index (χ4v) is 2.86. The van der Waals surface area contributed by atoms with Gasteiger partial charge in [0.25, 0.3) is 11.2 Å². The van der Waals surface area contributed by atoms with Gasteiger partial charge in [0.1, 0.15) is 11.6 Å². The largest absolute Gasteiger partial charge is 0.303 e. The van der Waals surface area contributed by atoms with Crippen molar-refractivity contribution >= 4 is 17.3 Å². The second-order valence-corrected chi connectivity index (χ2v) is 5.95. The highest BCUT2D eigenvalue weighted by atomic mass is 35.5. The zero-order valence-corrected chi connectivity index (χ0v) is 14.2. The van der Waals surface area contributed by atoms with Gasteiger partial charge in [0.15, 0.2) is 0 Å². The lowest BCUT2D eigenvalue weighted by Gasteiger charge is -2.14. The van der Waals surface area contributed by atoms with Gasteiger partial charge in [-0.3, -0.25) is 14.9 Å². The number of hydrogen-bond acceptors (Lipinski definition) is 4. The van der Waals surface area contributed by atoms with Crippen molar-refractivity contribution in [3.63, 3.8) is 0 Å². The van der Waals surface area contributed by atoms with E-state index in [-0.39, 0.29) is 17.8 Å². The summed E-state index contributed by atoms with van der Waals surface area (Å²) in [6, 6.07) is 18.0. The molecule has 0 amide bonds. The molecular weight excluding hydrogens is 354 g/mol. The normalized spacial score (nSPS) is 10.3. The first-order valence-electron chi connectivity index (χ1n) is 7.63. The summed E-state index contributed by atoms with van der Waals surface area (Å²) in [5, 5.41) is 20.4. The van der Waals surface area contributed by atoms with Crippen molar-refractivity contribution in [1.82, 2.24) is 4.57 Å². The Morgan fingerprint density at radius 2 is 1.77 bits per heavy atom. The van der Waals surface area contributed by atoms with Crippen molar-refractivity contribution < 1.29 is 4.92 Å². The fraction of sp³-hybridized carbons (Fsp3) is 0.0526. The minimum absolute atomic E-state index is 0.0164. The molecule has 0 atom stereocenters. The third kappa shape index (κ3) is 3.34. The van der Waals surface area contributed by atoms with Crippen molar-refractivity contribution in [2.24, 2.45) is 0 Å². The van der Waals surface area contributed by atoms with E-state index in [2.05, 4.69) is 0 Å². The monoisotopic (exact) mass is 365 g/mol. The molecule has 0 bridgehead atoms. The van der Waals surface area contributed by atoms with E-state index in [4.69, 9.17) is 16.9 Å². The minimum Gasteiger partial charge on any atom is -0.303 e. The molecule has 0 N–H and O–H groups in total. The van der Waals surface area contributed by atoms with Gasteiger partial charge in [-0.25, -0.2) is 0 Å². The van der Waals surface area contributed by atoms with E-state index in [1.807, 2.05) is 6.07 Å². The Balaban J connectivity index is 2.13. The van der Waals surface area contributed by atoms with Crippen molar-refractivity contribution in [1.29, 1.82) is 5.26 Å². The summed E-state index contributed by atoms with van der Waals surface area (Å²) in [5.74, 6) is 0. The van der Waals surface area contributed by atoms with Crippen LogP contribution in [-0.4, -0.2) is 9.49 Å². The van der Waals surface area contributed by atoms with Crippen molar-refractivity contribution in [2.75, 3.05) is 0 Å². The molecule has 2 aromatic carbocycles. The maximum atomic E-state index is 12.7. The second kappa shape index (κ2) is 7.21. The number of aromatic nitrogens is 1. The van der Waals surface area contributed by atoms with Gasteiger partial charge in [0.05, 0.1) is 17.2 Å². The minimum atomic E-state index is -0.485. The topological polar surface area (TPSA) is 88.9 Å². The lowest BCUT2D eigenvalue weighted by Crippen LogP contribution is -2.24. The summed E-state index contributed by atoms with van der Waals surface area (Å²) in [7, 11) is 0. The highest BCUT2D eigenvalue weighted by molar-refractivity contribution is 6.33. The standard InChI is InChI=1S/C19H12ClN3O3/c20-17-4-2-1-3-16(17)18-10-7-14(11-21)19(24)22(18)12-13-5-8-15(9-6-13)23(25)26/h1-10H,12H2. The van der Waals surface area contributed by atoms with Crippen LogP contribution < -0.4 is 5.56 Å². The average Bonchev–Trinajstić information content (AvgIpc) is 2.64. The Morgan fingerprint density at radius 3 is 2.38 bits per heavy atom. The predicted octanol–water partition coefficient (Wildman–Crippen LogP) is 4.00. The molecule has 0 radical (unpaired) electrons. The van der Waals surface area contributed by atoms with Crippen LogP contribution in [0.15, 0.2) is 65.5 Å². The first-order chi connectivity index (χ1) is 12.5. The van der Waals surface area contributed by atoms with Crippen molar-refractivity contribution in [2.45, 2.75) is 6.54 Å². The van der Waals surface area contributed by atoms with Gasteiger partial charge in [0, 0.05) is 22.7 Å². The molecule has 6 nitrogen and oxygen atoms in total. The van der Waals surface area contributed by atoms with E-state index in [0.717, 1.165) is 0 Å². The van der Waals surface area contributed by atoms with E-state index >= 15 is 0 Å². The van der Waals surface area contributed by atoms with Gasteiger partial charge in [-0.15, -0.1) is 0 Å². The van der Waals surface area contributed by atoms with E-state index in [1.165, 1.54) is 22.8 Å². The van der Waals surface area contributed by atoms with Crippen LogP contribution >= 0.6 is 11.6 Å². The number of non-ortho nitro benzene ring substituents is 1. The number of pyridine rings is 1. The molecule has 7 heteroatoms. The summed E-state index contributed by atoms with van der Waals surface area (Å²) in [6.45, 7) is 0.160. The average molecular weight is 366 g/mol. The second-order valence-electron chi connectivity index (χ2n) is 5.54. The first-order valence-corrected chi connectivity index (χ1v) is 8.01. The molecule has 1 aromatic heterocycles. The van der Waals surface area contributed by atoms with Crippen LogP contribution in [0.25, 0.3) is 11.3 Å². The van der Waals surface area contributed by atoms with Gasteiger partial charge >= 0.3 is 0 Å². The number of halogens is 1. The van der Waals surface area contributed by atoms with Crippen molar-refractivity contribution in [3.8, 4) is 17.3 Å². The van der Waals surface area contributed by atoms with Gasteiger partial charge < -0.3 is 4.57 Å². The van der Waals surface area contributed by atoms with Crippen LogP contribution in [0.1, 0.15) is 11.1 Å². The summed E-state index contributed by atoms with van der Waals surface area (Å²) >= 11 is 6.26. The molecule has 26 heavy (non-hydrogen) atoms. The van der Waals surface area contributed by atoms with Crippen LogP contribution in [0.3, 0.4) is 0 Å². The molecule has 3 aromatic rings. The first kappa shape index (κ1) is 17.4. The van der Waals surface area contributed by atoms with E-state index in [1.54, 1.807) is 42.5 Å². The number of nitro benzene ring substituents is 1. The maximum absolute atomic E-state index is 12.7. The zero-order chi connectivity index (χ0) is 18.7. The van der Waals surface area contributed by atoms with Crippen molar-refractivity contribution in [3.05, 3.63) is 97.3 Å². The fourth-order valence-electron chi connectivity index (χ4n) is 2.63. The molecule has 0 unspecified atom stereocenters. The number of nitro groups is 1. The molecule has 0 fully saturated rings. The van der Waals surface area contributed by atoms with Gasteiger partial charge in [-0.2, -0.15) is 5.26 Å². The van der Waals surface area contributed by atoms with Crippen LogP contribution in [-0.2, 0) is 6.54 Å². The lowest BCUT2D eigenvalue weighted by molar-refractivity contribution is -0.384. The Kier molecular flexibility index (Phi) is 4.83. The molecule has 1 heterocycles. The third-order valence-corrected chi connectivity index (χ3v) is 4.26. The third-order valence-electron chi connectivity index (χ3n) is 3.93. The highest BCUT2D eigenvalue weighted by Crippen LogP contribution is 2.27. The van der Waals surface area contributed by atoms with E-state index in [0.29, 0.717) is 21.8 Å². The predicted molar refractivity (Wildman–Crippen MR) is 98.1 cm³/mol. The van der Waals surface area contributed by atoms with Crippen LogP contribution in [0.2, 0.25) is 5.02 Å². The van der Waals surface area contributed by atoms with Gasteiger partial charge in [-0.1, -0.05) is 41.9 Å². The number of nitrogens with zero attached hydrogens (tertiary/aromatic N) is 3. The molecule has 0 saturated heterocycles. The highest BCUT2D eigenvalue weighted by Gasteiger charge is 2.14. The number of nitriles is 1. The quantitative estimate of drug-likeness (QED) is 0.516. The zero-order valence-electron chi connectivity index (χ0n) is 13.4. The Morgan fingerprint density at radius 1 is 1.08 bits per heavy atom. The summed E-state index contributed by atoms with van der Waals surface area (Å²) < 4.78 is 1.45. The van der Waals surface area contributed by atoms with Crippen LogP contribution in [0.5, 0.6) is 0 Å². The Bertz CT molecular complexity index is 1080. The molecule has 0 saturated carbocycles. The number of benzene rings is 2. The molecule has 0 aliphatic carbocycles. The maximum Gasteiger partial charge on any atom is 0.269 e. The number of hydrogen-bond donors (Lipinski definition) is 0. The summed E-state index contributed by atoms with van der Waals surface area (Å²) in [5.41, 5.74) is 1.47. The lowest BCUT2D eigenvalue weighted by atomic mass is 10.1. The number of rotatable bonds is 4. The molecule has 3 rings (SSSR count). The van der Waals surface area contributed by atoms with E-state index in [9.17, 15) is 14.9 Å². The van der Waals surface area contributed by atoms with Gasteiger partial charge in [0.2, 0.25) is 0 Å². The molecule has 0 aliphatic rings. The summed E-state index contributed by atoms with van der Waals surface area (Å²) in [6.07, 6.45) is 0. The van der Waals surface area contributed by atoms with Gasteiger partial charge in [-0.05, 0) is 23.8 Å². The smallest absolute Gasteiger partial charge is 0.269 e. The summed E-state index contributed by atoms with van der Waals surface area (Å²) in [4.78, 5) is 23.0. The molecular formula is C19H12ClN3O3. The SMILES string of the molecule is N#Cc1ccc(-c2ccccc2Cl)n(Cc2ccc([N+](=O)[O-])cc2)c1=O. The Hall–Kier alpha value is -3.43. The molecule has 0 aliphatic heterocycles. The van der Waals surface area contributed by atoms with Crippen LogP contribution in [0.4, 0.5) is 5.69 Å². The van der Waals surface area contributed by atoms with E-state index < -0.39 is 10.5 Å². The molecule has 128 valence electrons.